The van der Waals surface area contributed by atoms with E-state index in [9.17, 15) is 4.79 Å². The molecule has 21 heavy (non-hydrogen) atoms. The highest BCUT2D eigenvalue weighted by molar-refractivity contribution is 5.98. The van der Waals surface area contributed by atoms with Gasteiger partial charge in [-0.1, -0.05) is 25.5 Å². The lowest BCUT2D eigenvalue weighted by Crippen LogP contribution is -2.06. The van der Waals surface area contributed by atoms with Gasteiger partial charge in [-0.25, -0.2) is 4.79 Å². The SMILES string of the molecule is CCCCOc1cccc(/C(=C(/C)C(=O)OC)C2CC2)c1. The van der Waals surface area contributed by atoms with Crippen molar-refractivity contribution in [2.45, 2.75) is 39.5 Å². The number of hydrogen-bond acceptors (Lipinski definition) is 3. The fourth-order valence-corrected chi connectivity index (χ4v) is 2.48. The van der Waals surface area contributed by atoms with Gasteiger partial charge in [0.1, 0.15) is 5.75 Å². The van der Waals surface area contributed by atoms with Gasteiger partial charge in [0.05, 0.1) is 13.7 Å². The van der Waals surface area contributed by atoms with Crippen molar-refractivity contribution in [2.75, 3.05) is 13.7 Å². The smallest absolute Gasteiger partial charge is 0.333 e. The van der Waals surface area contributed by atoms with Crippen LogP contribution in [-0.2, 0) is 9.53 Å². The van der Waals surface area contributed by atoms with Gasteiger partial charge in [-0.2, -0.15) is 0 Å². The molecule has 114 valence electrons. The minimum absolute atomic E-state index is 0.241. The highest BCUT2D eigenvalue weighted by Gasteiger charge is 2.30. The fraction of sp³-hybridized carbons (Fsp3) is 0.500. The molecule has 3 heteroatoms. The molecule has 0 saturated heterocycles. The van der Waals surface area contributed by atoms with Gasteiger partial charge in [-0.3, -0.25) is 0 Å². The summed E-state index contributed by atoms with van der Waals surface area (Å²) in [6, 6.07) is 8.04. The number of carbonyl (C=O) groups is 1. The molecule has 0 radical (unpaired) electrons. The monoisotopic (exact) mass is 288 g/mol. The number of benzene rings is 1. The quantitative estimate of drug-likeness (QED) is 0.428. The normalized spacial score (nSPS) is 15.4. The van der Waals surface area contributed by atoms with E-state index in [1.54, 1.807) is 0 Å². The zero-order valence-electron chi connectivity index (χ0n) is 13.1. The van der Waals surface area contributed by atoms with Crippen LogP contribution in [0.4, 0.5) is 0 Å². The topological polar surface area (TPSA) is 35.5 Å². The van der Waals surface area contributed by atoms with Crippen LogP contribution in [0.3, 0.4) is 0 Å². The molecule has 0 amide bonds. The van der Waals surface area contributed by atoms with Gasteiger partial charge in [-0.05, 0) is 55.4 Å². The first kappa shape index (κ1) is 15.6. The molecule has 3 nitrogen and oxygen atoms in total. The molecule has 0 unspecified atom stereocenters. The van der Waals surface area contributed by atoms with Crippen molar-refractivity contribution in [1.29, 1.82) is 0 Å². The summed E-state index contributed by atoms with van der Waals surface area (Å²) in [5.41, 5.74) is 2.91. The molecule has 0 spiro atoms. The molecule has 0 bridgehead atoms. The number of esters is 1. The van der Waals surface area contributed by atoms with Gasteiger partial charge >= 0.3 is 5.97 Å². The lowest BCUT2D eigenvalue weighted by Gasteiger charge is -2.13. The van der Waals surface area contributed by atoms with E-state index in [1.165, 1.54) is 7.11 Å². The molecule has 0 N–H and O–H groups in total. The molecular weight excluding hydrogens is 264 g/mol. The molecule has 1 fully saturated rings. The standard InChI is InChI=1S/C18H24O3/c1-4-5-11-21-16-8-6-7-15(12-16)17(14-9-10-14)13(2)18(19)20-3/h6-8,12,14H,4-5,9-11H2,1-3H3/b17-13-. The van der Waals surface area contributed by atoms with E-state index in [-0.39, 0.29) is 5.97 Å². The molecule has 0 aromatic heterocycles. The lowest BCUT2D eigenvalue weighted by atomic mass is 9.96. The summed E-state index contributed by atoms with van der Waals surface area (Å²) in [5, 5.41) is 0. The molecule has 0 heterocycles. The first-order chi connectivity index (χ1) is 10.2. The lowest BCUT2D eigenvalue weighted by molar-refractivity contribution is -0.135. The van der Waals surface area contributed by atoms with E-state index in [0.717, 1.165) is 49.2 Å². The maximum atomic E-state index is 11.8. The molecule has 0 aliphatic heterocycles. The number of allylic oxidation sites excluding steroid dienone is 1. The van der Waals surface area contributed by atoms with Crippen LogP contribution in [0.15, 0.2) is 29.8 Å². The number of hydrogen-bond donors (Lipinski definition) is 0. The maximum absolute atomic E-state index is 11.8. The predicted octanol–water partition coefficient (Wildman–Crippen LogP) is 4.22. The van der Waals surface area contributed by atoms with Crippen molar-refractivity contribution in [3.05, 3.63) is 35.4 Å². The van der Waals surface area contributed by atoms with Gasteiger partial charge in [0.2, 0.25) is 0 Å². The molecule has 2 rings (SSSR count). The first-order valence-corrected chi connectivity index (χ1v) is 7.69. The van der Waals surface area contributed by atoms with E-state index in [0.29, 0.717) is 11.5 Å². The third kappa shape index (κ3) is 4.10. The summed E-state index contributed by atoms with van der Waals surface area (Å²) in [4.78, 5) is 11.8. The molecule has 1 aliphatic rings. The number of unbranched alkanes of at least 4 members (excludes halogenated alkanes) is 1. The summed E-state index contributed by atoms with van der Waals surface area (Å²) in [7, 11) is 1.43. The van der Waals surface area contributed by atoms with Gasteiger partial charge in [0.25, 0.3) is 0 Å². The summed E-state index contributed by atoms with van der Waals surface area (Å²) in [5.74, 6) is 1.11. The third-order valence-corrected chi connectivity index (χ3v) is 3.79. The average molecular weight is 288 g/mol. The zero-order chi connectivity index (χ0) is 15.2. The van der Waals surface area contributed by atoms with Crippen LogP contribution in [0.1, 0.15) is 45.1 Å². The van der Waals surface area contributed by atoms with Crippen LogP contribution in [0.2, 0.25) is 0 Å². The predicted molar refractivity (Wildman–Crippen MR) is 84.2 cm³/mol. The van der Waals surface area contributed by atoms with E-state index < -0.39 is 0 Å². The minimum Gasteiger partial charge on any atom is -0.494 e. The number of methoxy groups -OCH3 is 1. The number of rotatable bonds is 7. The average Bonchev–Trinajstić information content (AvgIpc) is 3.32. The highest BCUT2D eigenvalue weighted by Crippen LogP contribution is 2.44. The minimum atomic E-state index is -0.241. The third-order valence-electron chi connectivity index (χ3n) is 3.79. The van der Waals surface area contributed by atoms with Gasteiger partial charge in [0.15, 0.2) is 0 Å². The summed E-state index contributed by atoms with van der Waals surface area (Å²) in [6.07, 6.45) is 4.46. The van der Waals surface area contributed by atoms with E-state index in [4.69, 9.17) is 9.47 Å². The Kier molecular flexibility index (Phi) is 5.43. The highest BCUT2D eigenvalue weighted by atomic mass is 16.5. The largest absolute Gasteiger partial charge is 0.494 e. The Balaban J connectivity index is 2.25. The summed E-state index contributed by atoms with van der Waals surface area (Å²) >= 11 is 0. The van der Waals surface area contributed by atoms with E-state index in [1.807, 2.05) is 31.2 Å². The van der Waals surface area contributed by atoms with Crippen molar-refractivity contribution < 1.29 is 14.3 Å². The number of ether oxygens (including phenoxy) is 2. The Hall–Kier alpha value is -1.77. The van der Waals surface area contributed by atoms with Gasteiger partial charge < -0.3 is 9.47 Å². The van der Waals surface area contributed by atoms with Crippen molar-refractivity contribution in [2.24, 2.45) is 5.92 Å². The van der Waals surface area contributed by atoms with Crippen LogP contribution in [0, 0.1) is 5.92 Å². The van der Waals surface area contributed by atoms with Crippen LogP contribution in [-0.4, -0.2) is 19.7 Å². The summed E-state index contributed by atoms with van der Waals surface area (Å²) < 4.78 is 10.6. The molecule has 1 aliphatic carbocycles. The summed E-state index contributed by atoms with van der Waals surface area (Å²) in [6.45, 7) is 4.73. The Morgan fingerprint density at radius 2 is 2.10 bits per heavy atom. The molecule has 1 aromatic rings. The van der Waals surface area contributed by atoms with E-state index >= 15 is 0 Å². The van der Waals surface area contributed by atoms with Crippen LogP contribution < -0.4 is 4.74 Å². The van der Waals surface area contributed by atoms with Crippen molar-refractivity contribution in [3.8, 4) is 5.75 Å². The first-order valence-electron chi connectivity index (χ1n) is 7.69. The second-order valence-electron chi connectivity index (χ2n) is 5.53. The fourth-order valence-electron chi connectivity index (χ4n) is 2.48. The zero-order valence-corrected chi connectivity index (χ0v) is 13.1. The van der Waals surface area contributed by atoms with Crippen molar-refractivity contribution in [1.82, 2.24) is 0 Å². The maximum Gasteiger partial charge on any atom is 0.333 e. The second-order valence-corrected chi connectivity index (χ2v) is 5.53. The Bertz CT molecular complexity index is 527. The Morgan fingerprint density at radius 3 is 2.71 bits per heavy atom. The van der Waals surface area contributed by atoms with Crippen LogP contribution in [0.25, 0.3) is 5.57 Å². The molecular formula is C18H24O3. The van der Waals surface area contributed by atoms with Gasteiger partial charge in [0, 0.05) is 5.57 Å². The Morgan fingerprint density at radius 1 is 1.33 bits per heavy atom. The van der Waals surface area contributed by atoms with E-state index in [2.05, 4.69) is 6.92 Å². The molecule has 1 aromatic carbocycles. The van der Waals surface area contributed by atoms with Crippen LogP contribution >= 0.6 is 0 Å². The molecule has 0 atom stereocenters. The second kappa shape index (κ2) is 7.30. The van der Waals surface area contributed by atoms with Gasteiger partial charge in [-0.15, -0.1) is 0 Å². The van der Waals surface area contributed by atoms with Crippen molar-refractivity contribution in [3.63, 3.8) is 0 Å². The van der Waals surface area contributed by atoms with Crippen molar-refractivity contribution >= 4 is 11.5 Å². The Labute approximate surface area is 127 Å². The molecule has 1 saturated carbocycles. The van der Waals surface area contributed by atoms with Crippen LogP contribution in [0.5, 0.6) is 5.75 Å². The number of carbonyl (C=O) groups excluding carboxylic acids is 1.